The largest absolute Gasteiger partial charge is 0.481 e. The highest BCUT2D eigenvalue weighted by atomic mass is 35.5. The van der Waals surface area contributed by atoms with Crippen LogP contribution in [0.4, 0.5) is 0 Å². The number of aryl methyl sites for hydroxylation is 1. The second kappa shape index (κ2) is 15.6. The molecule has 2 atom stereocenters. The lowest BCUT2D eigenvalue weighted by atomic mass is 9.92. The summed E-state index contributed by atoms with van der Waals surface area (Å²) in [6.45, 7) is 1.33. The minimum atomic E-state index is 0.131. The Labute approximate surface area is 292 Å². The Morgan fingerprint density at radius 2 is 1.55 bits per heavy atom. The summed E-state index contributed by atoms with van der Waals surface area (Å²) in [5.41, 5.74) is 6.42. The van der Waals surface area contributed by atoms with Crippen molar-refractivity contribution >= 4 is 23.3 Å². The molecule has 0 bridgehead atoms. The number of hydrogen-bond donors (Lipinski definition) is 2. The molecule has 0 spiro atoms. The van der Waals surface area contributed by atoms with Gasteiger partial charge in [-0.15, -0.1) is 0 Å². The Bertz CT molecular complexity index is 1910. The Hall–Kier alpha value is -4.78. The summed E-state index contributed by atoms with van der Waals surface area (Å²) in [6, 6.07) is 21.9. The molecule has 2 N–H and O–H groups in total. The molecule has 9 nitrogen and oxygen atoms in total. The Kier molecular flexibility index (Phi) is 10.9. The molecule has 3 heterocycles. The fourth-order valence-corrected chi connectivity index (χ4v) is 7.20. The lowest BCUT2D eigenvalue weighted by molar-refractivity contribution is -0.119. The summed E-state index contributed by atoms with van der Waals surface area (Å²) < 4.78 is 11.3. The quantitative estimate of drug-likeness (QED) is 0.154. The number of nitriles is 1. The van der Waals surface area contributed by atoms with Gasteiger partial charge in [0.15, 0.2) is 0 Å². The maximum absolute atomic E-state index is 11.6. The number of nitrogens with one attached hydrogen (secondary N) is 2. The van der Waals surface area contributed by atoms with E-state index in [2.05, 4.69) is 16.7 Å². The number of methoxy groups -OCH3 is 2. The molecule has 1 aliphatic heterocycles. The molecule has 10 heteroatoms. The van der Waals surface area contributed by atoms with Crippen molar-refractivity contribution in [3.05, 3.63) is 82.4 Å². The van der Waals surface area contributed by atoms with Gasteiger partial charge in [-0.3, -0.25) is 9.59 Å². The van der Waals surface area contributed by atoms with E-state index in [9.17, 15) is 14.9 Å². The van der Waals surface area contributed by atoms with Crippen LogP contribution in [0.25, 0.3) is 33.6 Å². The predicted molar refractivity (Wildman–Crippen MR) is 189 cm³/mol. The van der Waals surface area contributed by atoms with E-state index in [-0.39, 0.29) is 11.9 Å². The summed E-state index contributed by atoms with van der Waals surface area (Å²) in [6.07, 6.45) is 6.35. The Balaban J connectivity index is 1.23. The Morgan fingerprint density at radius 3 is 2.22 bits per heavy atom. The van der Waals surface area contributed by atoms with Crippen LogP contribution in [0.15, 0.2) is 60.7 Å². The molecule has 6 rings (SSSR count). The maximum atomic E-state index is 11.6. The van der Waals surface area contributed by atoms with Crippen LogP contribution in [0.2, 0.25) is 5.02 Å². The molecular weight excluding hydrogens is 638 g/mol. The number of nitrogens with zero attached hydrogens (tertiary/aromatic N) is 3. The van der Waals surface area contributed by atoms with Crippen molar-refractivity contribution in [2.75, 3.05) is 20.8 Å². The number of Topliss-reactive ketones (excluding diaryl/α,β-unsaturated/α-hetero) is 1. The number of hydrogen-bond acceptors (Lipinski definition) is 8. The number of carbonyl (C=O) groups is 2. The molecule has 49 heavy (non-hydrogen) atoms. The van der Waals surface area contributed by atoms with Crippen LogP contribution < -0.4 is 20.1 Å². The first-order chi connectivity index (χ1) is 23.9. The van der Waals surface area contributed by atoms with Gasteiger partial charge in [-0.2, -0.15) is 5.26 Å². The zero-order chi connectivity index (χ0) is 34.3. The van der Waals surface area contributed by atoms with Crippen molar-refractivity contribution in [2.45, 2.75) is 64.0 Å². The Morgan fingerprint density at radius 1 is 0.878 bits per heavy atom. The normalized spacial score (nSPS) is 17.2. The number of aromatic nitrogens is 2. The average molecular weight is 678 g/mol. The van der Waals surface area contributed by atoms with Crippen molar-refractivity contribution < 1.29 is 19.1 Å². The smallest absolute Gasteiger partial charge is 0.220 e. The van der Waals surface area contributed by atoms with Crippen molar-refractivity contribution in [2.24, 2.45) is 5.92 Å². The molecule has 2 aromatic heterocycles. The van der Waals surface area contributed by atoms with Gasteiger partial charge >= 0.3 is 0 Å². The van der Waals surface area contributed by atoms with Crippen LogP contribution in [0.1, 0.15) is 61.6 Å². The highest BCUT2D eigenvalue weighted by molar-refractivity contribution is 6.36. The summed E-state index contributed by atoms with van der Waals surface area (Å²) in [7, 11) is 3.20. The molecule has 0 radical (unpaired) electrons. The number of rotatable bonds is 13. The molecule has 2 fully saturated rings. The summed E-state index contributed by atoms with van der Waals surface area (Å²) in [4.78, 5) is 32.8. The summed E-state index contributed by atoms with van der Waals surface area (Å²) >= 11 is 7.09. The van der Waals surface area contributed by atoms with Crippen molar-refractivity contribution in [3.63, 3.8) is 0 Å². The first-order valence-corrected chi connectivity index (χ1v) is 17.2. The van der Waals surface area contributed by atoms with E-state index in [1.54, 1.807) is 14.2 Å². The van der Waals surface area contributed by atoms with Crippen LogP contribution in [0, 0.1) is 17.2 Å². The van der Waals surface area contributed by atoms with E-state index in [1.165, 1.54) is 0 Å². The molecule has 1 saturated heterocycles. The fourth-order valence-electron chi connectivity index (χ4n) is 6.87. The van der Waals surface area contributed by atoms with Crippen LogP contribution in [0.3, 0.4) is 0 Å². The molecule has 252 valence electrons. The van der Waals surface area contributed by atoms with Crippen LogP contribution in [0.5, 0.6) is 11.8 Å². The van der Waals surface area contributed by atoms with E-state index in [0.29, 0.717) is 87.9 Å². The van der Waals surface area contributed by atoms with Crippen LogP contribution in [-0.4, -0.2) is 48.5 Å². The monoisotopic (exact) mass is 677 g/mol. The molecule has 1 saturated carbocycles. The van der Waals surface area contributed by atoms with E-state index >= 15 is 0 Å². The number of benzene rings is 2. The molecule has 0 unspecified atom stereocenters. The van der Waals surface area contributed by atoms with Gasteiger partial charge in [-0.05, 0) is 56.7 Å². The lowest BCUT2D eigenvalue weighted by Crippen LogP contribution is -2.25. The first-order valence-electron chi connectivity index (χ1n) is 16.8. The number of carbonyl (C=O) groups excluding carboxylic acids is 2. The second-order valence-corrected chi connectivity index (χ2v) is 13.1. The highest BCUT2D eigenvalue weighted by Gasteiger charge is 2.23. The maximum Gasteiger partial charge on any atom is 0.220 e. The number of pyridine rings is 2. The number of ether oxygens (including phenoxy) is 2. The molecule has 1 amide bonds. The van der Waals surface area contributed by atoms with Gasteiger partial charge in [0.25, 0.3) is 0 Å². The second-order valence-electron chi connectivity index (χ2n) is 12.7. The van der Waals surface area contributed by atoms with E-state index in [0.717, 1.165) is 55.3 Å². The number of halogens is 1. The minimum Gasteiger partial charge on any atom is -0.481 e. The standard InChI is InChI=1S/C39H40ClN5O4/c1-48-38-25(6-3-7-27-15-19-36(47)43-27)13-17-35(45-38)32-11-5-10-31(37(32)40)29-8-4-9-30(33(29)21-41)34-18-14-26(39(44-34)49-2)23-42-22-24-12-16-28(46)20-24/h4-5,8-11,13-14,17-18,24,27,42H,3,6-7,12,15-16,19-20,22-23H2,1-2H3,(H,43,47)/t24-,27-/m1/s1. The number of amides is 1. The molecular formula is C39H40ClN5O4. The van der Waals surface area contributed by atoms with Gasteiger partial charge in [-0.1, -0.05) is 60.1 Å². The van der Waals surface area contributed by atoms with E-state index < -0.39 is 0 Å². The first kappa shape index (κ1) is 34.1. The molecule has 4 aromatic rings. The van der Waals surface area contributed by atoms with Gasteiger partial charge in [0.2, 0.25) is 17.7 Å². The topological polar surface area (TPSA) is 126 Å². The SMILES string of the molecule is COc1nc(-c2cccc(-c3cccc(-c4ccc(CNC[C@@H]5CCC(=O)C5)c(OC)n4)c3C#N)c2Cl)ccc1CCC[C@@H]1CCC(=O)N1. The van der Waals surface area contributed by atoms with Crippen molar-refractivity contribution in [1.29, 1.82) is 5.26 Å². The third kappa shape index (κ3) is 7.77. The lowest BCUT2D eigenvalue weighted by Gasteiger charge is -2.16. The van der Waals surface area contributed by atoms with Gasteiger partial charge in [0.1, 0.15) is 11.9 Å². The van der Waals surface area contributed by atoms with E-state index in [1.807, 2.05) is 60.7 Å². The van der Waals surface area contributed by atoms with Gasteiger partial charge in [-0.25, -0.2) is 9.97 Å². The number of ketones is 1. The van der Waals surface area contributed by atoms with Crippen LogP contribution in [-0.2, 0) is 22.6 Å². The zero-order valence-corrected chi connectivity index (χ0v) is 28.6. The van der Waals surface area contributed by atoms with Gasteiger partial charge in [0, 0.05) is 65.2 Å². The third-order valence-corrected chi connectivity index (χ3v) is 9.87. The molecule has 2 aliphatic rings. The predicted octanol–water partition coefficient (Wildman–Crippen LogP) is 7.08. The molecule has 1 aliphatic carbocycles. The average Bonchev–Trinajstić information content (AvgIpc) is 3.74. The van der Waals surface area contributed by atoms with Crippen molar-refractivity contribution in [1.82, 2.24) is 20.6 Å². The van der Waals surface area contributed by atoms with Gasteiger partial charge in [0.05, 0.1) is 36.2 Å². The summed E-state index contributed by atoms with van der Waals surface area (Å²) in [5, 5.41) is 17.4. The van der Waals surface area contributed by atoms with E-state index in [4.69, 9.17) is 31.0 Å². The zero-order valence-electron chi connectivity index (χ0n) is 27.9. The third-order valence-electron chi connectivity index (χ3n) is 9.46. The highest BCUT2D eigenvalue weighted by Crippen LogP contribution is 2.40. The van der Waals surface area contributed by atoms with Crippen molar-refractivity contribution in [3.8, 4) is 51.5 Å². The minimum absolute atomic E-state index is 0.131. The van der Waals surface area contributed by atoms with Crippen LogP contribution >= 0.6 is 11.6 Å². The fraction of sp³-hybridized carbons (Fsp3) is 0.359. The summed E-state index contributed by atoms with van der Waals surface area (Å²) in [5.74, 6) is 1.87. The van der Waals surface area contributed by atoms with Gasteiger partial charge < -0.3 is 20.1 Å². The molecule has 2 aromatic carbocycles.